The first-order valence-electron chi connectivity index (χ1n) is 7.84. The largest absolute Gasteiger partial charge is 0.469 e. The molecule has 0 aliphatic rings. The molecule has 0 aliphatic heterocycles. The van der Waals surface area contributed by atoms with Crippen molar-refractivity contribution >= 4 is 23.4 Å². The summed E-state index contributed by atoms with van der Waals surface area (Å²) < 4.78 is 46.9. The molecule has 0 aliphatic carbocycles. The molecular formula is C17H15F3N4O2S. The molecule has 0 unspecified atom stereocenters. The zero-order chi connectivity index (χ0) is 19.7. The maximum Gasteiger partial charge on any atom is 0.237 e. The number of nitrogens with one attached hydrogen (secondary N) is 1. The summed E-state index contributed by atoms with van der Waals surface area (Å²) in [5, 5.41) is 10.2. The van der Waals surface area contributed by atoms with Gasteiger partial charge in [-0.05, 0) is 32.0 Å². The van der Waals surface area contributed by atoms with Crippen LogP contribution in [0.15, 0.2) is 34.0 Å². The van der Waals surface area contributed by atoms with Gasteiger partial charge in [0.1, 0.15) is 5.76 Å². The van der Waals surface area contributed by atoms with E-state index in [-0.39, 0.29) is 0 Å². The molecule has 10 heteroatoms. The molecule has 1 N–H and O–H groups in total. The number of halogens is 3. The molecule has 0 spiro atoms. The third kappa shape index (κ3) is 3.70. The van der Waals surface area contributed by atoms with Crippen LogP contribution in [0.25, 0.3) is 11.4 Å². The van der Waals surface area contributed by atoms with Crippen LogP contribution in [0.4, 0.5) is 18.9 Å². The first-order valence-corrected chi connectivity index (χ1v) is 8.72. The fraction of sp³-hybridized carbons (Fsp3) is 0.235. The Kier molecular flexibility index (Phi) is 5.26. The monoisotopic (exact) mass is 396 g/mol. The molecule has 0 saturated carbocycles. The number of thioether (sulfide) groups is 1. The van der Waals surface area contributed by atoms with Crippen molar-refractivity contribution in [2.24, 2.45) is 7.05 Å². The average Bonchev–Trinajstić information content (AvgIpc) is 3.21. The van der Waals surface area contributed by atoms with Crippen molar-refractivity contribution in [2.75, 3.05) is 5.32 Å². The highest BCUT2D eigenvalue weighted by Crippen LogP contribution is 2.28. The van der Waals surface area contributed by atoms with Crippen molar-refractivity contribution in [1.29, 1.82) is 0 Å². The molecule has 1 aromatic carbocycles. The number of hydrogen-bond donors (Lipinski definition) is 1. The van der Waals surface area contributed by atoms with Gasteiger partial charge in [-0.1, -0.05) is 11.8 Å². The van der Waals surface area contributed by atoms with Gasteiger partial charge in [0.15, 0.2) is 28.4 Å². The molecule has 1 amide bonds. The van der Waals surface area contributed by atoms with Crippen LogP contribution in [-0.2, 0) is 11.8 Å². The van der Waals surface area contributed by atoms with Gasteiger partial charge in [-0.2, -0.15) is 0 Å². The Morgan fingerprint density at radius 2 is 1.96 bits per heavy atom. The second kappa shape index (κ2) is 7.47. The van der Waals surface area contributed by atoms with Gasteiger partial charge in [0.05, 0.1) is 22.8 Å². The van der Waals surface area contributed by atoms with Crippen molar-refractivity contribution < 1.29 is 22.4 Å². The van der Waals surface area contributed by atoms with E-state index in [2.05, 4.69) is 15.5 Å². The Bertz CT molecular complexity index is 1000. The Morgan fingerprint density at radius 3 is 2.63 bits per heavy atom. The number of anilines is 1. The summed E-state index contributed by atoms with van der Waals surface area (Å²) in [5.41, 5.74) is 0.344. The third-order valence-electron chi connectivity index (χ3n) is 3.88. The Balaban J connectivity index is 1.73. The van der Waals surface area contributed by atoms with E-state index in [9.17, 15) is 18.0 Å². The van der Waals surface area contributed by atoms with Crippen LogP contribution in [0.3, 0.4) is 0 Å². The maximum atomic E-state index is 13.7. The Hall–Kier alpha value is -2.75. The highest BCUT2D eigenvalue weighted by Gasteiger charge is 2.22. The van der Waals surface area contributed by atoms with Crippen molar-refractivity contribution in [2.45, 2.75) is 24.3 Å². The molecule has 3 rings (SSSR count). The van der Waals surface area contributed by atoms with E-state index in [0.717, 1.165) is 29.5 Å². The molecule has 27 heavy (non-hydrogen) atoms. The second-order valence-corrected chi connectivity index (χ2v) is 7.04. The summed E-state index contributed by atoms with van der Waals surface area (Å²) in [7, 11) is 1.74. The summed E-state index contributed by atoms with van der Waals surface area (Å²) in [5.74, 6) is -3.74. The fourth-order valence-corrected chi connectivity index (χ4v) is 3.15. The quantitative estimate of drug-likeness (QED) is 0.523. The molecule has 2 heterocycles. The summed E-state index contributed by atoms with van der Waals surface area (Å²) in [6.45, 7) is 3.37. The van der Waals surface area contributed by atoms with Gasteiger partial charge in [0.2, 0.25) is 5.91 Å². The minimum Gasteiger partial charge on any atom is -0.469 e. The summed E-state index contributed by atoms with van der Waals surface area (Å²) in [4.78, 5) is 12.3. The number of hydrogen-bond acceptors (Lipinski definition) is 5. The molecule has 6 nitrogen and oxygen atoms in total. The van der Waals surface area contributed by atoms with E-state index < -0.39 is 34.3 Å². The molecular weight excluding hydrogens is 381 g/mol. The summed E-state index contributed by atoms with van der Waals surface area (Å²) in [6.07, 6.45) is 1.54. The molecule has 2 aromatic heterocycles. The number of rotatable bonds is 5. The number of nitrogens with zero attached hydrogens (tertiary/aromatic N) is 3. The van der Waals surface area contributed by atoms with Gasteiger partial charge < -0.3 is 14.3 Å². The SMILES string of the molecule is Cc1occc1-c1nnc(S[C@H](C)C(=O)Nc2ccc(F)c(F)c2F)n1C. The van der Waals surface area contributed by atoms with E-state index in [0.29, 0.717) is 16.7 Å². The van der Waals surface area contributed by atoms with Gasteiger partial charge >= 0.3 is 0 Å². The van der Waals surface area contributed by atoms with Gasteiger partial charge in [-0.15, -0.1) is 10.2 Å². The van der Waals surface area contributed by atoms with Gasteiger partial charge in [0, 0.05) is 7.05 Å². The van der Waals surface area contributed by atoms with E-state index in [1.807, 2.05) is 0 Å². The number of furan rings is 1. The molecule has 142 valence electrons. The van der Waals surface area contributed by atoms with Crippen molar-refractivity contribution in [3.8, 4) is 11.4 Å². The number of carbonyl (C=O) groups is 1. The van der Waals surface area contributed by atoms with Gasteiger partial charge in [0.25, 0.3) is 0 Å². The first kappa shape index (κ1) is 19.0. The van der Waals surface area contributed by atoms with Crippen LogP contribution in [-0.4, -0.2) is 25.9 Å². The van der Waals surface area contributed by atoms with Crippen LogP contribution < -0.4 is 5.32 Å². The Morgan fingerprint density at radius 1 is 1.22 bits per heavy atom. The lowest BCUT2D eigenvalue weighted by Gasteiger charge is -2.12. The standard InChI is InChI=1S/C17H15F3N4O2S/c1-8-10(6-7-26-8)15-22-23-17(24(15)3)27-9(2)16(25)21-12-5-4-11(18)13(19)14(12)20/h4-7,9H,1-3H3,(H,21,25)/t9-/m1/s1. The molecule has 0 radical (unpaired) electrons. The predicted molar refractivity (Wildman–Crippen MR) is 93.7 cm³/mol. The van der Waals surface area contributed by atoms with Crippen molar-refractivity contribution in [1.82, 2.24) is 14.8 Å². The second-order valence-electron chi connectivity index (χ2n) is 5.73. The average molecular weight is 396 g/mol. The minimum absolute atomic E-state index is 0.431. The van der Waals surface area contributed by atoms with E-state index in [1.54, 1.807) is 37.8 Å². The highest BCUT2D eigenvalue weighted by atomic mass is 32.2. The number of carbonyl (C=O) groups excluding carboxylic acids is 1. The van der Waals surface area contributed by atoms with Crippen LogP contribution in [0.5, 0.6) is 0 Å². The smallest absolute Gasteiger partial charge is 0.237 e. The molecule has 3 aromatic rings. The van der Waals surface area contributed by atoms with Crippen molar-refractivity contribution in [3.63, 3.8) is 0 Å². The van der Waals surface area contributed by atoms with Gasteiger partial charge in [-0.25, -0.2) is 13.2 Å². The third-order valence-corrected chi connectivity index (χ3v) is 5.01. The van der Waals surface area contributed by atoms with Crippen LogP contribution in [0, 0.1) is 24.4 Å². The minimum atomic E-state index is -1.64. The maximum absolute atomic E-state index is 13.7. The normalized spacial score (nSPS) is 12.2. The van der Waals surface area contributed by atoms with Crippen molar-refractivity contribution in [3.05, 3.63) is 47.7 Å². The zero-order valence-electron chi connectivity index (χ0n) is 14.6. The number of benzene rings is 1. The Labute approximate surface area is 156 Å². The van der Waals surface area contributed by atoms with E-state index in [1.165, 1.54) is 0 Å². The van der Waals surface area contributed by atoms with E-state index in [4.69, 9.17) is 4.42 Å². The van der Waals surface area contributed by atoms with Crippen LogP contribution >= 0.6 is 11.8 Å². The number of aryl methyl sites for hydroxylation is 1. The highest BCUT2D eigenvalue weighted by molar-refractivity contribution is 8.00. The summed E-state index contributed by atoms with van der Waals surface area (Å²) in [6, 6.07) is 3.47. The predicted octanol–water partition coefficient (Wildman–Crippen LogP) is 3.92. The van der Waals surface area contributed by atoms with Gasteiger partial charge in [-0.3, -0.25) is 4.79 Å². The zero-order valence-corrected chi connectivity index (χ0v) is 15.4. The molecule has 0 fully saturated rings. The molecule has 0 saturated heterocycles. The number of aromatic nitrogens is 3. The number of amides is 1. The lowest BCUT2D eigenvalue weighted by molar-refractivity contribution is -0.115. The summed E-state index contributed by atoms with van der Waals surface area (Å²) >= 11 is 1.09. The van der Waals surface area contributed by atoms with E-state index >= 15 is 0 Å². The molecule has 1 atom stereocenters. The lowest BCUT2D eigenvalue weighted by Crippen LogP contribution is -2.23. The lowest BCUT2D eigenvalue weighted by atomic mass is 10.2. The topological polar surface area (TPSA) is 72.9 Å². The van der Waals surface area contributed by atoms with Crippen LogP contribution in [0.2, 0.25) is 0 Å². The van der Waals surface area contributed by atoms with Crippen LogP contribution in [0.1, 0.15) is 12.7 Å². The molecule has 0 bridgehead atoms. The fourth-order valence-electron chi connectivity index (χ4n) is 2.34. The first-order chi connectivity index (χ1) is 12.8.